The molecule has 0 saturated heterocycles. The zero-order valence-electron chi connectivity index (χ0n) is 35.1. The lowest BCUT2D eigenvalue weighted by molar-refractivity contribution is 0.996. The van der Waals surface area contributed by atoms with E-state index < -0.39 is 0 Å². The van der Waals surface area contributed by atoms with E-state index in [9.17, 15) is 0 Å². The summed E-state index contributed by atoms with van der Waals surface area (Å²) < 4.78 is 7.07. The number of nitrogens with zero attached hydrogens (tertiary/aromatic N) is 5. The van der Waals surface area contributed by atoms with Gasteiger partial charge in [0.1, 0.15) is 0 Å². The number of para-hydroxylation sites is 3. The molecule has 0 amide bonds. The Morgan fingerprint density at radius 2 is 0.815 bits per heavy atom. The van der Waals surface area contributed by atoms with Gasteiger partial charge in [-0.1, -0.05) is 152 Å². The topological polar surface area (TPSA) is 40.6 Å². The minimum absolute atomic E-state index is 0.653. The van der Waals surface area contributed by atoms with Crippen molar-refractivity contribution in [3.63, 3.8) is 0 Å². The van der Waals surface area contributed by atoms with Crippen LogP contribution in [-0.2, 0) is 0 Å². The maximum Gasteiger partial charge on any atom is 0.235 e. The SMILES string of the molecule is c1ccc(-c2cc(-c3ccccc3)nc(-n3c4cccc5ccc6c(-c7ccc8c(c7)c7ccccc7n8-c7ccc8c(c7)c7ccccc7n8-c7ccccc7)ccc3c6c54)n2)cc1. The lowest BCUT2D eigenvalue weighted by atomic mass is 9.94. The molecule has 10 aromatic carbocycles. The molecule has 14 aromatic rings. The van der Waals surface area contributed by atoms with E-state index in [0.717, 1.165) is 44.9 Å². The molecule has 0 N–H and O–H groups in total. The highest BCUT2D eigenvalue weighted by Gasteiger charge is 2.23. The summed E-state index contributed by atoms with van der Waals surface area (Å²) in [6.07, 6.45) is 0. The monoisotopic (exact) mass is 827 g/mol. The second-order valence-electron chi connectivity index (χ2n) is 17.0. The van der Waals surface area contributed by atoms with Crippen molar-refractivity contribution in [1.82, 2.24) is 23.7 Å². The van der Waals surface area contributed by atoms with E-state index >= 15 is 0 Å². The van der Waals surface area contributed by atoms with Crippen LogP contribution in [0.25, 0.3) is 127 Å². The minimum Gasteiger partial charge on any atom is -0.309 e. The Morgan fingerprint density at radius 3 is 1.51 bits per heavy atom. The molecule has 4 heterocycles. The minimum atomic E-state index is 0.653. The Kier molecular flexibility index (Phi) is 7.62. The molecule has 0 aliphatic heterocycles. The number of hydrogen-bond acceptors (Lipinski definition) is 2. The molecule has 0 radical (unpaired) electrons. The molecule has 302 valence electrons. The van der Waals surface area contributed by atoms with Gasteiger partial charge in [0, 0.05) is 54.8 Å². The number of aromatic nitrogens is 5. The van der Waals surface area contributed by atoms with E-state index in [1.165, 1.54) is 76.3 Å². The summed E-state index contributed by atoms with van der Waals surface area (Å²) in [6.45, 7) is 0. The summed E-state index contributed by atoms with van der Waals surface area (Å²) in [5, 5.41) is 9.76. The largest absolute Gasteiger partial charge is 0.309 e. The first-order valence-corrected chi connectivity index (χ1v) is 22.2. The average molecular weight is 828 g/mol. The zero-order chi connectivity index (χ0) is 42.6. The molecule has 0 aliphatic carbocycles. The van der Waals surface area contributed by atoms with Crippen molar-refractivity contribution in [2.75, 3.05) is 0 Å². The Balaban J connectivity index is 0.957. The number of rotatable bonds is 6. The number of fused-ring (bicyclic) bond motifs is 6. The van der Waals surface area contributed by atoms with E-state index in [1.807, 2.05) is 12.1 Å². The Labute approximate surface area is 373 Å². The molecule has 0 saturated carbocycles. The van der Waals surface area contributed by atoms with Crippen LogP contribution in [-0.4, -0.2) is 23.7 Å². The Bertz CT molecular complexity index is 4100. The van der Waals surface area contributed by atoms with E-state index in [0.29, 0.717) is 5.95 Å². The highest BCUT2D eigenvalue weighted by molar-refractivity contribution is 6.27. The standard InChI is InChI=1S/C60H37N5/c1-4-15-38(16-5-1)50-37-51(39-17-6-2-7-18-39)62-60(61-50)65-56-26-14-19-40-27-30-47-44(31-34-57(65)59(47)58(40)56)41-28-32-54-48(35-41)45-22-10-13-25-53(45)64(54)43-29-33-55-49(36-43)46-23-11-12-24-52(46)63(55)42-20-8-3-9-21-42/h1-37H. The van der Waals surface area contributed by atoms with Crippen LogP contribution in [0, 0.1) is 0 Å². The zero-order valence-corrected chi connectivity index (χ0v) is 35.1. The van der Waals surface area contributed by atoms with Gasteiger partial charge in [-0.2, -0.15) is 0 Å². The summed E-state index contributed by atoms with van der Waals surface area (Å²) in [7, 11) is 0. The van der Waals surface area contributed by atoms with E-state index in [2.05, 4.69) is 226 Å². The van der Waals surface area contributed by atoms with Gasteiger partial charge in [-0.3, -0.25) is 4.57 Å². The molecular weight excluding hydrogens is 791 g/mol. The second kappa shape index (κ2) is 13.9. The van der Waals surface area contributed by atoms with Crippen molar-refractivity contribution in [2.24, 2.45) is 0 Å². The van der Waals surface area contributed by atoms with Crippen molar-refractivity contribution >= 4 is 76.2 Å². The highest BCUT2D eigenvalue weighted by Crippen LogP contribution is 2.44. The first-order valence-electron chi connectivity index (χ1n) is 22.2. The molecule has 5 nitrogen and oxygen atoms in total. The first-order chi connectivity index (χ1) is 32.2. The molecule has 65 heavy (non-hydrogen) atoms. The number of benzene rings is 10. The van der Waals surface area contributed by atoms with Crippen LogP contribution >= 0.6 is 0 Å². The molecule has 0 unspecified atom stereocenters. The average Bonchev–Trinajstić information content (AvgIpc) is 4.02. The maximum absolute atomic E-state index is 5.30. The van der Waals surface area contributed by atoms with Crippen molar-refractivity contribution in [2.45, 2.75) is 0 Å². The summed E-state index contributed by atoms with van der Waals surface area (Å²) >= 11 is 0. The lowest BCUT2D eigenvalue weighted by Gasteiger charge is -2.12. The van der Waals surface area contributed by atoms with Gasteiger partial charge in [0.2, 0.25) is 5.95 Å². The van der Waals surface area contributed by atoms with Crippen LogP contribution in [0.15, 0.2) is 224 Å². The van der Waals surface area contributed by atoms with Crippen molar-refractivity contribution < 1.29 is 0 Å². The Morgan fingerprint density at radius 1 is 0.277 bits per heavy atom. The van der Waals surface area contributed by atoms with Crippen LogP contribution < -0.4 is 0 Å². The van der Waals surface area contributed by atoms with Gasteiger partial charge in [0.25, 0.3) is 0 Å². The van der Waals surface area contributed by atoms with Gasteiger partial charge in [-0.25, -0.2) is 9.97 Å². The van der Waals surface area contributed by atoms with Crippen LogP contribution in [0.4, 0.5) is 0 Å². The maximum atomic E-state index is 5.30. The molecule has 0 bridgehead atoms. The van der Waals surface area contributed by atoms with Gasteiger partial charge < -0.3 is 9.13 Å². The predicted octanol–water partition coefficient (Wildman–Crippen LogP) is 15.4. The molecule has 0 spiro atoms. The Hall–Kier alpha value is -8.80. The normalized spacial score (nSPS) is 12.0. The van der Waals surface area contributed by atoms with Crippen molar-refractivity contribution in [3.05, 3.63) is 224 Å². The quantitative estimate of drug-likeness (QED) is 0.157. The molecular formula is C60H37N5. The molecule has 0 aliphatic rings. The van der Waals surface area contributed by atoms with Crippen molar-refractivity contribution in [3.8, 4) is 51.0 Å². The van der Waals surface area contributed by atoms with Gasteiger partial charge in [-0.05, 0) is 94.7 Å². The van der Waals surface area contributed by atoms with E-state index in [-0.39, 0.29) is 0 Å². The molecule has 4 aromatic heterocycles. The first kappa shape index (κ1) is 35.8. The smallest absolute Gasteiger partial charge is 0.235 e. The van der Waals surface area contributed by atoms with Crippen LogP contribution in [0.5, 0.6) is 0 Å². The van der Waals surface area contributed by atoms with Crippen LogP contribution in [0.2, 0.25) is 0 Å². The molecule has 5 heteroatoms. The fraction of sp³-hybridized carbons (Fsp3) is 0. The highest BCUT2D eigenvalue weighted by atomic mass is 15.2. The fourth-order valence-corrected chi connectivity index (χ4v) is 10.6. The summed E-state index contributed by atoms with van der Waals surface area (Å²) in [5.74, 6) is 0.653. The van der Waals surface area contributed by atoms with Gasteiger partial charge in [0.05, 0.1) is 44.5 Å². The van der Waals surface area contributed by atoms with E-state index in [4.69, 9.17) is 9.97 Å². The van der Waals surface area contributed by atoms with Gasteiger partial charge in [0.15, 0.2) is 0 Å². The second-order valence-corrected chi connectivity index (χ2v) is 17.0. The predicted molar refractivity (Wildman–Crippen MR) is 270 cm³/mol. The third-order valence-corrected chi connectivity index (χ3v) is 13.4. The third-order valence-electron chi connectivity index (χ3n) is 13.4. The van der Waals surface area contributed by atoms with E-state index in [1.54, 1.807) is 0 Å². The van der Waals surface area contributed by atoms with Gasteiger partial charge >= 0.3 is 0 Å². The van der Waals surface area contributed by atoms with Crippen molar-refractivity contribution in [1.29, 1.82) is 0 Å². The molecule has 0 fully saturated rings. The summed E-state index contributed by atoms with van der Waals surface area (Å²) in [6, 6.07) is 80.8. The number of hydrogen-bond donors (Lipinski definition) is 0. The third kappa shape index (κ3) is 5.33. The summed E-state index contributed by atoms with van der Waals surface area (Å²) in [4.78, 5) is 10.6. The molecule has 0 atom stereocenters. The van der Waals surface area contributed by atoms with Crippen LogP contribution in [0.3, 0.4) is 0 Å². The summed E-state index contributed by atoms with van der Waals surface area (Å²) in [5.41, 5.74) is 15.5. The lowest BCUT2D eigenvalue weighted by Crippen LogP contribution is -2.04. The van der Waals surface area contributed by atoms with Gasteiger partial charge in [-0.15, -0.1) is 0 Å². The van der Waals surface area contributed by atoms with Crippen LogP contribution in [0.1, 0.15) is 0 Å². The fourth-order valence-electron chi connectivity index (χ4n) is 10.6. The molecule has 14 rings (SSSR count).